The van der Waals surface area contributed by atoms with Crippen molar-refractivity contribution in [1.29, 1.82) is 0 Å². The van der Waals surface area contributed by atoms with E-state index in [1.807, 2.05) is 12.1 Å². The second-order valence-corrected chi connectivity index (χ2v) is 6.30. The Balaban J connectivity index is 1.63. The number of carbonyl (C=O) groups is 1. The minimum absolute atomic E-state index is 0.0534. The molecule has 0 radical (unpaired) electrons. The Morgan fingerprint density at radius 2 is 2.00 bits per heavy atom. The normalized spacial score (nSPS) is 30.1. The standard InChI is InChI=1S/C16H24N4O/c1-20-13-2-3-14(20)9-12(8-13)19-16(21)15(10-17)11-4-6-18-7-5-11/h4-7,12-15H,2-3,8-10,17H2,1H3,(H,19,21)/t12?,13?,14?,15-/m1/s1. The molecule has 114 valence electrons. The Labute approximate surface area is 125 Å². The SMILES string of the molecule is CN1C2CCC1CC(NC(=O)[C@H](CN)c1ccncc1)C2. The third-order valence-electron chi connectivity index (χ3n) is 5.11. The smallest absolute Gasteiger partial charge is 0.229 e. The van der Waals surface area contributed by atoms with Gasteiger partial charge >= 0.3 is 0 Å². The van der Waals surface area contributed by atoms with Crippen LogP contribution in [0.5, 0.6) is 0 Å². The first-order valence-electron chi connectivity index (χ1n) is 7.81. The van der Waals surface area contributed by atoms with Gasteiger partial charge in [0.25, 0.3) is 0 Å². The molecule has 2 aliphatic rings. The van der Waals surface area contributed by atoms with Gasteiger partial charge in [-0.15, -0.1) is 0 Å². The number of rotatable bonds is 4. The summed E-state index contributed by atoms with van der Waals surface area (Å²) in [5, 5.41) is 3.22. The van der Waals surface area contributed by atoms with Gasteiger partial charge in [-0.25, -0.2) is 0 Å². The Morgan fingerprint density at radius 1 is 1.38 bits per heavy atom. The molecule has 2 aliphatic heterocycles. The summed E-state index contributed by atoms with van der Waals surface area (Å²) in [6, 6.07) is 5.30. The average Bonchev–Trinajstić information content (AvgIpc) is 2.72. The van der Waals surface area contributed by atoms with Crippen LogP contribution in [0.3, 0.4) is 0 Å². The first-order valence-corrected chi connectivity index (χ1v) is 7.81. The number of fused-ring (bicyclic) bond motifs is 2. The van der Waals surface area contributed by atoms with E-state index in [9.17, 15) is 4.79 Å². The minimum atomic E-state index is -0.273. The van der Waals surface area contributed by atoms with E-state index in [1.165, 1.54) is 12.8 Å². The molecule has 1 aromatic heterocycles. The summed E-state index contributed by atoms with van der Waals surface area (Å²) in [5.74, 6) is -0.219. The third kappa shape index (κ3) is 2.94. The predicted octanol–water partition coefficient (Wildman–Crippen LogP) is 0.865. The maximum absolute atomic E-state index is 12.5. The molecule has 0 aromatic carbocycles. The highest BCUT2D eigenvalue weighted by Crippen LogP contribution is 2.34. The van der Waals surface area contributed by atoms with Gasteiger partial charge in [-0.2, -0.15) is 0 Å². The van der Waals surface area contributed by atoms with Crippen LogP contribution < -0.4 is 11.1 Å². The van der Waals surface area contributed by atoms with Crippen LogP contribution >= 0.6 is 0 Å². The van der Waals surface area contributed by atoms with Crippen molar-refractivity contribution in [1.82, 2.24) is 15.2 Å². The van der Waals surface area contributed by atoms with Gasteiger partial charge in [0.2, 0.25) is 5.91 Å². The molecule has 2 bridgehead atoms. The number of nitrogens with two attached hydrogens (primary N) is 1. The van der Waals surface area contributed by atoms with E-state index in [1.54, 1.807) is 12.4 Å². The van der Waals surface area contributed by atoms with E-state index < -0.39 is 0 Å². The van der Waals surface area contributed by atoms with Crippen LogP contribution in [-0.2, 0) is 4.79 Å². The van der Waals surface area contributed by atoms with E-state index in [0.29, 0.717) is 24.7 Å². The number of nitrogens with one attached hydrogen (secondary N) is 1. The summed E-state index contributed by atoms with van der Waals surface area (Å²) in [6.45, 7) is 0.329. The number of nitrogens with zero attached hydrogens (tertiary/aromatic N) is 2. The number of aromatic nitrogens is 1. The topological polar surface area (TPSA) is 71.2 Å². The summed E-state index contributed by atoms with van der Waals surface area (Å²) in [7, 11) is 2.21. The Kier molecular flexibility index (Phi) is 4.22. The fraction of sp³-hybridized carbons (Fsp3) is 0.625. The number of amides is 1. The van der Waals surface area contributed by atoms with Gasteiger partial charge < -0.3 is 16.0 Å². The highest BCUT2D eigenvalue weighted by molar-refractivity contribution is 5.84. The predicted molar refractivity (Wildman–Crippen MR) is 81.8 cm³/mol. The highest BCUT2D eigenvalue weighted by atomic mass is 16.2. The lowest BCUT2D eigenvalue weighted by Crippen LogP contribution is -2.50. The maximum Gasteiger partial charge on any atom is 0.229 e. The van der Waals surface area contributed by atoms with Crippen LogP contribution in [0, 0.1) is 0 Å². The lowest BCUT2D eigenvalue weighted by atomic mass is 9.95. The zero-order chi connectivity index (χ0) is 14.8. The summed E-state index contributed by atoms with van der Waals surface area (Å²) in [4.78, 5) is 19.0. The molecule has 3 rings (SSSR count). The van der Waals surface area contributed by atoms with Crippen LogP contribution in [0.2, 0.25) is 0 Å². The second kappa shape index (κ2) is 6.12. The molecule has 3 N–H and O–H groups in total. The molecular weight excluding hydrogens is 264 g/mol. The molecule has 3 heterocycles. The van der Waals surface area contributed by atoms with Crippen LogP contribution in [0.4, 0.5) is 0 Å². The summed E-state index contributed by atoms with van der Waals surface area (Å²) >= 11 is 0. The van der Waals surface area contributed by atoms with Gasteiger partial charge in [0.1, 0.15) is 0 Å². The average molecular weight is 288 g/mol. The van der Waals surface area contributed by atoms with Crippen molar-refractivity contribution in [2.75, 3.05) is 13.6 Å². The largest absolute Gasteiger partial charge is 0.353 e. The molecule has 3 atom stereocenters. The lowest BCUT2D eigenvalue weighted by molar-refractivity contribution is -0.123. The molecule has 2 fully saturated rings. The van der Waals surface area contributed by atoms with Gasteiger partial charge in [-0.3, -0.25) is 9.78 Å². The van der Waals surface area contributed by atoms with Gasteiger partial charge in [0.05, 0.1) is 5.92 Å². The molecule has 5 heteroatoms. The summed E-state index contributed by atoms with van der Waals surface area (Å²) in [5.41, 5.74) is 6.76. The monoisotopic (exact) mass is 288 g/mol. The fourth-order valence-corrected chi connectivity index (χ4v) is 3.82. The van der Waals surface area contributed by atoms with E-state index in [0.717, 1.165) is 18.4 Å². The van der Waals surface area contributed by atoms with Crippen LogP contribution in [-0.4, -0.2) is 47.5 Å². The van der Waals surface area contributed by atoms with Crippen LogP contribution in [0.25, 0.3) is 0 Å². The molecule has 0 spiro atoms. The van der Waals surface area contributed by atoms with Crippen molar-refractivity contribution in [3.8, 4) is 0 Å². The molecule has 0 aliphatic carbocycles. The van der Waals surface area contributed by atoms with Crippen molar-refractivity contribution in [3.63, 3.8) is 0 Å². The van der Waals surface area contributed by atoms with Crippen molar-refractivity contribution < 1.29 is 4.79 Å². The van der Waals surface area contributed by atoms with E-state index in [2.05, 4.69) is 22.2 Å². The quantitative estimate of drug-likeness (QED) is 0.862. The number of carbonyl (C=O) groups excluding carboxylic acids is 1. The van der Waals surface area contributed by atoms with Gasteiger partial charge in [-0.05, 0) is 50.4 Å². The molecule has 5 nitrogen and oxygen atoms in total. The Morgan fingerprint density at radius 3 is 2.57 bits per heavy atom. The number of pyridine rings is 1. The molecule has 1 aromatic rings. The summed E-state index contributed by atoms with van der Waals surface area (Å²) in [6.07, 6.45) is 8.07. The zero-order valence-electron chi connectivity index (χ0n) is 12.5. The van der Waals surface area contributed by atoms with Crippen molar-refractivity contribution in [3.05, 3.63) is 30.1 Å². The number of hydrogen-bond donors (Lipinski definition) is 2. The van der Waals surface area contributed by atoms with Crippen molar-refractivity contribution in [2.24, 2.45) is 5.73 Å². The first kappa shape index (κ1) is 14.5. The molecule has 0 saturated carbocycles. The molecule has 2 saturated heterocycles. The van der Waals surface area contributed by atoms with E-state index >= 15 is 0 Å². The number of piperidine rings is 1. The minimum Gasteiger partial charge on any atom is -0.353 e. The molecule has 1 amide bonds. The van der Waals surface area contributed by atoms with E-state index in [4.69, 9.17) is 5.73 Å². The Hall–Kier alpha value is -1.46. The van der Waals surface area contributed by atoms with E-state index in [-0.39, 0.29) is 11.8 Å². The molecule has 21 heavy (non-hydrogen) atoms. The molecular formula is C16H24N4O. The fourth-order valence-electron chi connectivity index (χ4n) is 3.82. The lowest BCUT2D eigenvalue weighted by Gasteiger charge is -2.37. The number of hydrogen-bond acceptors (Lipinski definition) is 4. The van der Waals surface area contributed by atoms with Gasteiger partial charge in [-0.1, -0.05) is 0 Å². The van der Waals surface area contributed by atoms with Crippen LogP contribution in [0.15, 0.2) is 24.5 Å². The van der Waals surface area contributed by atoms with Crippen LogP contribution in [0.1, 0.15) is 37.2 Å². The summed E-state index contributed by atoms with van der Waals surface area (Å²) < 4.78 is 0. The maximum atomic E-state index is 12.5. The van der Waals surface area contributed by atoms with Crippen molar-refractivity contribution >= 4 is 5.91 Å². The van der Waals surface area contributed by atoms with Gasteiger partial charge in [0, 0.05) is 37.1 Å². The third-order valence-corrected chi connectivity index (χ3v) is 5.11. The first-order chi connectivity index (χ1) is 10.2. The second-order valence-electron chi connectivity index (χ2n) is 6.30. The highest BCUT2D eigenvalue weighted by Gasteiger charge is 2.39. The van der Waals surface area contributed by atoms with Crippen molar-refractivity contribution in [2.45, 2.75) is 49.7 Å². The van der Waals surface area contributed by atoms with Gasteiger partial charge in [0.15, 0.2) is 0 Å². The zero-order valence-corrected chi connectivity index (χ0v) is 12.5. The Bertz CT molecular complexity index is 478. The molecule has 2 unspecified atom stereocenters.